The third-order valence-corrected chi connectivity index (χ3v) is 5.09. The Kier molecular flexibility index (Phi) is 5.56. The zero-order valence-electron chi connectivity index (χ0n) is 14.4. The SMILES string of the molecule is CCC(CC)C(=O)Nc1cccc(-c2csc(-c3cccnc3)n2)c1. The third kappa shape index (κ3) is 4.12. The largest absolute Gasteiger partial charge is 0.326 e. The first kappa shape index (κ1) is 17.3. The Labute approximate surface area is 152 Å². The molecule has 0 spiro atoms. The van der Waals surface area contributed by atoms with E-state index in [9.17, 15) is 4.79 Å². The Morgan fingerprint density at radius 1 is 1.16 bits per heavy atom. The number of nitrogens with zero attached hydrogens (tertiary/aromatic N) is 2. The number of anilines is 1. The molecule has 0 unspecified atom stereocenters. The summed E-state index contributed by atoms with van der Waals surface area (Å²) in [6, 6.07) is 11.8. The minimum Gasteiger partial charge on any atom is -0.326 e. The van der Waals surface area contributed by atoms with Gasteiger partial charge in [-0.25, -0.2) is 4.98 Å². The molecule has 2 heterocycles. The summed E-state index contributed by atoms with van der Waals surface area (Å²) in [5.74, 6) is 0.136. The van der Waals surface area contributed by atoms with Crippen LogP contribution in [0.3, 0.4) is 0 Å². The molecule has 25 heavy (non-hydrogen) atoms. The minimum atomic E-state index is 0.0557. The normalized spacial score (nSPS) is 10.8. The number of pyridine rings is 1. The topological polar surface area (TPSA) is 54.9 Å². The number of amides is 1. The van der Waals surface area contributed by atoms with Crippen molar-refractivity contribution >= 4 is 22.9 Å². The molecule has 2 aromatic heterocycles. The van der Waals surface area contributed by atoms with Crippen LogP contribution in [0.4, 0.5) is 5.69 Å². The lowest BCUT2D eigenvalue weighted by Crippen LogP contribution is -2.21. The Balaban J connectivity index is 1.80. The molecule has 0 aliphatic carbocycles. The average molecular weight is 351 g/mol. The van der Waals surface area contributed by atoms with E-state index in [1.165, 1.54) is 0 Å². The smallest absolute Gasteiger partial charge is 0.227 e. The zero-order chi connectivity index (χ0) is 17.6. The monoisotopic (exact) mass is 351 g/mol. The first-order valence-electron chi connectivity index (χ1n) is 8.48. The predicted octanol–water partition coefficient (Wildman–Crippen LogP) is 5.25. The number of hydrogen-bond acceptors (Lipinski definition) is 4. The van der Waals surface area contributed by atoms with Crippen LogP contribution in [0.1, 0.15) is 26.7 Å². The van der Waals surface area contributed by atoms with Crippen molar-refractivity contribution in [3.05, 3.63) is 54.2 Å². The van der Waals surface area contributed by atoms with Crippen LogP contribution in [0.5, 0.6) is 0 Å². The molecule has 3 rings (SSSR count). The van der Waals surface area contributed by atoms with Crippen LogP contribution in [0, 0.1) is 5.92 Å². The highest BCUT2D eigenvalue weighted by atomic mass is 32.1. The molecule has 5 heteroatoms. The molecule has 1 amide bonds. The summed E-state index contributed by atoms with van der Waals surface area (Å²) in [7, 11) is 0. The highest BCUT2D eigenvalue weighted by Crippen LogP contribution is 2.29. The van der Waals surface area contributed by atoms with E-state index in [0.29, 0.717) is 0 Å². The third-order valence-electron chi connectivity index (χ3n) is 4.19. The van der Waals surface area contributed by atoms with Crippen molar-refractivity contribution in [1.82, 2.24) is 9.97 Å². The molecule has 0 fully saturated rings. The number of thiazole rings is 1. The van der Waals surface area contributed by atoms with E-state index in [2.05, 4.69) is 10.3 Å². The van der Waals surface area contributed by atoms with Crippen molar-refractivity contribution in [2.45, 2.75) is 26.7 Å². The van der Waals surface area contributed by atoms with Gasteiger partial charge in [0.15, 0.2) is 0 Å². The van der Waals surface area contributed by atoms with Crippen molar-refractivity contribution < 1.29 is 4.79 Å². The van der Waals surface area contributed by atoms with Gasteiger partial charge in [0.05, 0.1) is 5.69 Å². The fourth-order valence-corrected chi connectivity index (χ4v) is 3.51. The van der Waals surface area contributed by atoms with Gasteiger partial charge in [-0.3, -0.25) is 9.78 Å². The number of benzene rings is 1. The summed E-state index contributed by atoms with van der Waals surface area (Å²) in [4.78, 5) is 21.1. The summed E-state index contributed by atoms with van der Waals surface area (Å²) < 4.78 is 0. The van der Waals surface area contributed by atoms with Crippen molar-refractivity contribution in [3.63, 3.8) is 0 Å². The molecule has 0 atom stereocenters. The summed E-state index contributed by atoms with van der Waals surface area (Å²) >= 11 is 1.59. The summed E-state index contributed by atoms with van der Waals surface area (Å²) in [6.07, 6.45) is 5.27. The second-order valence-electron chi connectivity index (χ2n) is 5.86. The minimum absolute atomic E-state index is 0.0557. The second-order valence-corrected chi connectivity index (χ2v) is 6.72. The Hall–Kier alpha value is -2.53. The van der Waals surface area contributed by atoms with Crippen molar-refractivity contribution in [2.24, 2.45) is 5.92 Å². The zero-order valence-corrected chi connectivity index (χ0v) is 15.2. The molecule has 0 aliphatic heterocycles. The maximum absolute atomic E-state index is 12.3. The maximum atomic E-state index is 12.3. The van der Waals surface area contributed by atoms with Gasteiger partial charge in [-0.1, -0.05) is 26.0 Å². The van der Waals surface area contributed by atoms with E-state index in [-0.39, 0.29) is 11.8 Å². The van der Waals surface area contributed by atoms with Crippen LogP contribution in [0.15, 0.2) is 54.2 Å². The van der Waals surface area contributed by atoms with Crippen LogP contribution in [0.25, 0.3) is 21.8 Å². The number of hydrogen-bond donors (Lipinski definition) is 1. The van der Waals surface area contributed by atoms with Gasteiger partial charge in [0.1, 0.15) is 5.01 Å². The Bertz CT molecular complexity index is 841. The molecule has 1 aromatic carbocycles. The van der Waals surface area contributed by atoms with E-state index in [1.807, 2.05) is 61.8 Å². The van der Waals surface area contributed by atoms with E-state index < -0.39 is 0 Å². The van der Waals surface area contributed by atoms with E-state index in [1.54, 1.807) is 17.5 Å². The second kappa shape index (κ2) is 8.03. The van der Waals surface area contributed by atoms with Gasteiger partial charge in [0.2, 0.25) is 5.91 Å². The number of carbonyl (C=O) groups excluding carboxylic acids is 1. The number of rotatable bonds is 6. The quantitative estimate of drug-likeness (QED) is 0.660. The van der Waals surface area contributed by atoms with Crippen molar-refractivity contribution in [1.29, 1.82) is 0 Å². The van der Waals surface area contributed by atoms with Gasteiger partial charge in [0.25, 0.3) is 0 Å². The summed E-state index contributed by atoms with van der Waals surface area (Å²) in [5, 5.41) is 5.99. The number of carbonyl (C=O) groups is 1. The molecule has 4 nitrogen and oxygen atoms in total. The van der Waals surface area contributed by atoms with Gasteiger partial charge in [-0.15, -0.1) is 11.3 Å². The van der Waals surface area contributed by atoms with Crippen LogP contribution in [0.2, 0.25) is 0 Å². The summed E-state index contributed by atoms with van der Waals surface area (Å²) in [5.41, 5.74) is 3.72. The van der Waals surface area contributed by atoms with E-state index >= 15 is 0 Å². The van der Waals surface area contributed by atoms with Gasteiger partial charge in [-0.05, 0) is 37.1 Å². The lowest BCUT2D eigenvalue weighted by atomic mass is 10.0. The predicted molar refractivity (Wildman–Crippen MR) is 103 cm³/mol. The fraction of sp³-hybridized carbons (Fsp3) is 0.250. The van der Waals surface area contributed by atoms with Crippen molar-refractivity contribution in [3.8, 4) is 21.8 Å². The van der Waals surface area contributed by atoms with Crippen LogP contribution in [-0.2, 0) is 4.79 Å². The molecule has 128 valence electrons. The van der Waals surface area contributed by atoms with Crippen LogP contribution >= 0.6 is 11.3 Å². The average Bonchev–Trinajstić information content (AvgIpc) is 3.14. The molecule has 0 bridgehead atoms. The van der Waals surface area contributed by atoms with Crippen LogP contribution in [-0.4, -0.2) is 15.9 Å². The van der Waals surface area contributed by atoms with Gasteiger partial charge in [-0.2, -0.15) is 0 Å². The highest BCUT2D eigenvalue weighted by Gasteiger charge is 2.14. The number of nitrogens with one attached hydrogen (secondary N) is 1. The van der Waals surface area contributed by atoms with Gasteiger partial charge >= 0.3 is 0 Å². The first-order chi connectivity index (χ1) is 12.2. The molecule has 1 N–H and O–H groups in total. The molecule has 0 aliphatic rings. The molecule has 0 saturated carbocycles. The highest BCUT2D eigenvalue weighted by molar-refractivity contribution is 7.13. The van der Waals surface area contributed by atoms with Crippen molar-refractivity contribution in [2.75, 3.05) is 5.32 Å². The lowest BCUT2D eigenvalue weighted by Gasteiger charge is -2.13. The Morgan fingerprint density at radius 2 is 1.96 bits per heavy atom. The Morgan fingerprint density at radius 3 is 2.68 bits per heavy atom. The van der Waals surface area contributed by atoms with Gasteiger partial charge < -0.3 is 5.32 Å². The first-order valence-corrected chi connectivity index (χ1v) is 9.36. The van der Waals surface area contributed by atoms with E-state index in [0.717, 1.165) is 40.4 Å². The van der Waals surface area contributed by atoms with Gasteiger partial charge in [0, 0.05) is 40.5 Å². The van der Waals surface area contributed by atoms with Crippen LogP contribution < -0.4 is 5.32 Å². The number of aromatic nitrogens is 2. The lowest BCUT2D eigenvalue weighted by molar-refractivity contribution is -0.120. The van der Waals surface area contributed by atoms with E-state index in [4.69, 9.17) is 4.98 Å². The molecular weight excluding hydrogens is 330 g/mol. The summed E-state index contributed by atoms with van der Waals surface area (Å²) in [6.45, 7) is 4.08. The maximum Gasteiger partial charge on any atom is 0.227 e. The molecule has 0 radical (unpaired) electrons. The molecular formula is C20H21N3OS. The molecule has 3 aromatic rings. The molecule has 0 saturated heterocycles. The fourth-order valence-electron chi connectivity index (χ4n) is 2.69. The standard InChI is InChI=1S/C20H21N3OS/c1-3-14(4-2)19(24)22-17-9-5-7-15(11-17)18-13-25-20(23-18)16-8-6-10-21-12-16/h5-14H,3-4H2,1-2H3,(H,22,24).